The Morgan fingerprint density at radius 3 is 2.59 bits per heavy atom. The number of aryl methyl sites for hydroxylation is 2. The van der Waals surface area contributed by atoms with Crippen molar-refractivity contribution in [3.63, 3.8) is 0 Å². The highest BCUT2D eigenvalue weighted by molar-refractivity contribution is 5.95. The molecule has 4 heteroatoms. The number of para-hydroxylation sites is 1. The summed E-state index contributed by atoms with van der Waals surface area (Å²) in [6.45, 7) is 5.39. The summed E-state index contributed by atoms with van der Waals surface area (Å²) >= 11 is 0. The number of amides is 2. The molecule has 0 radical (unpaired) electrons. The summed E-state index contributed by atoms with van der Waals surface area (Å²) in [5.41, 5.74) is 2.98. The molecule has 0 spiro atoms. The van der Waals surface area contributed by atoms with Crippen LogP contribution in [0.15, 0.2) is 18.2 Å². The third-order valence-corrected chi connectivity index (χ3v) is 2.50. The number of hydrogen-bond donors (Lipinski definition) is 2. The van der Waals surface area contributed by atoms with E-state index in [9.17, 15) is 9.59 Å². The van der Waals surface area contributed by atoms with E-state index in [1.807, 2.05) is 32.0 Å². The predicted molar refractivity (Wildman–Crippen MR) is 67.9 cm³/mol. The molecule has 4 nitrogen and oxygen atoms in total. The van der Waals surface area contributed by atoms with Crippen molar-refractivity contribution in [2.45, 2.75) is 27.2 Å². The summed E-state index contributed by atoms with van der Waals surface area (Å²) in [4.78, 5) is 22.3. The minimum absolute atomic E-state index is 0.00677. The first kappa shape index (κ1) is 13.2. The number of carbonyl (C=O) groups is 2. The maximum atomic E-state index is 11.6. The zero-order valence-corrected chi connectivity index (χ0v) is 10.5. The molecular weight excluding hydrogens is 216 g/mol. The second-order valence-electron chi connectivity index (χ2n) is 3.92. The Hall–Kier alpha value is -1.84. The number of rotatable bonds is 4. The lowest BCUT2D eigenvalue weighted by atomic mass is 10.1. The highest BCUT2D eigenvalue weighted by atomic mass is 16.2. The van der Waals surface area contributed by atoms with E-state index in [1.165, 1.54) is 6.92 Å². The van der Waals surface area contributed by atoms with Crippen LogP contribution in [0.4, 0.5) is 5.69 Å². The van der Waals surface area contributed by atoms with Crippen molar-refractivity contribution in [1.29, 1.82) is 0 Å². The highest BCUT2D eigenvalue weighted by Gasteiger charge is 2.08. The minimum atomic E-state index is -0.208. The van der Waals surface area contributed by atoms with E-state index in [0.717, 1.165) is 23.2 Å². The molecule has 1 aromatic rings. The first-order valence-corrected chi connectivity index (χ1v) is 5.67. The number of anilines is 1. The lowest BCUT2D eigenvalue weighted by molar-refractivity contribution is -0.122. The van der Waals surface area contributed by atoms with Gasteiger partial charge in [-0.15, -0.1) is 0 Å². The van der Waals surface area contributed by atoms with Crippen molar-refractivity contribution in [3.05, 3.63) is 29.3 Å². The van der Waals surface area contributed by atoms with E-state index in [1.54, 1.807) is 0 Å². The number of carbonyl (C=O) groups excluding carboxylic acids is 2. The quantitative estimate of drug-likeness (QED) is 0.832. The summed E-state index contributed by atoms with van der Waals surface area (Å²) < 4.78 is 0. The standard InChI is InChI=1S/C13H18N2O2/c1-4-11-7-5-6-9(2)13(11)15-12(17)8-14-10(3)16/h5-7H,4,8H2,1-3H3,(H,14,16)(H,15,17). The third-order valence-electron chi connectivity index (χ3n) is 2.50. The van der Waals surface area contributed by atoms with E-state index in [4.69, 9.17) is 0 Å². The Kier molecular flexibility index (Phi) is 4.69. The molecule has 1 aromatic carbocycles. The van der Waals surface area contributed by atoms with Crippen molar-refractivity contribution < 1.29 is 9.59 Å². The molecule has 2 amide bonds. The number of benzene rings is 1. The summed E-state index contributed by atoms with van der Waals surface area (Å²) in [6.07, 6.45) is 0.859. The molecule has 0 unspecified atom stereocenters. The highest BCUT2D eigenvalue weighted by Crippen LogP contribution is 2.20. The van der Waals surface area contributed by atoms with Crippen LogP contribution in [0.5, 0.6) is 0 Å². The summed E-state index contributed by atoms with van der Waals surface area (Å²) in [6, 6.07) is 5.91. The predicted octanol–water partition coefficient (Wildman–Crippen LogP) is 1.63. The average Bonchev–Trinajstić information content (AvgIpc) is 2.29. The Balaban J connectivity index is 2.73. The SMILES string of the molecule is CCc1cccc(C)c1NC(=O)CNC(C)=O. The molecule has 0 bridgehead atoms. The van der Waals surface area contributed by atoms with Crippen molar-refractivity contribution in [3.8, 4) is 0 Å². The van der Waals surface area contributed by atoms with Crippen LogP contribution >= 0.6 is 0 Å². The fourth-order valence-electron chi connectivity index (χ4n) is 1.59. The molecule has 0 heterocycles. The number of hydrogen-bond acceptors (Lipinski definition) is 2. The van der Waals surface area contributed by atoms with E-state index in [2.05, 4.69) is 10.6 Å². The molecule has 0 aromatic heterocycles. The van der Waals surface area contributed by atoms with Crippen LogP contribution in [0.25, 0.3) is 0 Å². The molecule has 92 valence electrons. The van der Waals surface area contributed by atoms with Gasteiger partial charge in [-0.1, -0.05) is 25.1 Å². The normalized spacial score (nSPS) is 9.82. The Morgan fingerprint density at radius 2 is 2.00 bits per heavy atom. The maximum absolute atomic E-state index is 11.6. The van der Waals surface area contributed by atoms with Gasteiger partial charge in [0.2, 0.25) is 11.8 Å². The first-order valence-electron chi connectivity index (χ1n) is 5.67. The zero-order chi connectivity index (χ0) is 12.8. The van der Waals surface area contributed by atoms with Crippen LogP contribution in [-0.4, -0.2) is 18.4 Å². The van der Waals surface area contributed by atoms with Gasteiger partial charge in [0.25, 0.3) is 0 Å². The van der Waals surface area contributed by atoms with Crippen LogP contribution in [0.2, 0.25) is 0 Å². The van der Waals surface area contributed by atoms with E-state index in [0.29, 0.717) is 0 Å². The molecule has 0 atom stereocenters. The van der Waals surface area contributed by atoms with Gasteiger partial charge in [0, 0.05) is 12.6 Å². The summed E-state index contributed by atoms with van der Waals surface area (Å²) in [5, 5.41) is 5.30. The van der Waals surface area contributed by atoms with Gasteiger partial charge in [-0.25, -0.2) is 0 Å². The van der Waals surface area contributed by atoms with Gasteiger partial charge < -0.3 is 10.6 Å². The zero-order valence-electron chi connectivity index (χ0n) is 10.5. The van der Waals surface area contributed by atoms with Crippen molar-refractivity contribution in [2.24, 2.45) is 0 Å². The van der Waals surface area contributed by atoms with Gasteiger partial charge in [0.1, 0.15) is 0 Å². The lowest BCUT2D eigenvalue weighted by Crippen LogP contribution is -2.31. The van der Waals surface area contributed by atoms with Crippen molar-refractivity contribution in [2.75, 3.05) is 11.9 Å². The van der Waals surface area contributed by atoms with Gasteiger partial charge in [-0.3, -0.25) is 9.59 Å². The average molecular weight is 234 g/mol. The van der Waals surface area contributed by atoms with E-state index < -0.39 is 0 Å². The fourth-order valence-corrected chi connectivity index (χ4v) is 1.59. The van der Waals surface area contributed by atoms with E-state index in [-0.39, 0.29) is 18.4 Å². The molecular formula is C13H18N2O2. The fraction of sp³-hybridized carbons (Fsp3) is 0.385. The molecule has 0 aliphatic rings. The third kappa shape index (κ3) is 3.90. The topological polar surface area (TPSA) is 58.2 Å². The molecule has 0 saturated heterocycles. The Bertz CT molecular complexity index is 427. The number of nitrogens with one attached hydrogen (secondary N) is 2. The van der Waals surface area contributed by atoms with Crippen molar-refractivity contribution in [1.82, 2.24) is 5.32 Å². The molecule has 1 rings (SSSR count). The molecule has 17 heavy (non-hydrogen) atoms. The molecule has 0 fully saturated rings. The lowest BCUT2D eigenvalue weighted by Gasteiger charge is -2.12. The monoisotopic (exact) mass is 234 g/mol. The molecule has 0 saturated carbocycles. The summed E-state index contributed by atoms with van der Waals surface area (Å²) in [7, 11) is 0. The van der Waals surface area contributed by atoms with E-state index >= 15 is 0 Å². The smallest absolute Gasteiger partial charge is 0.243 e. The Morgan fingerprint density at radius 1 is 1.29 bits per heavy atom. The van der Waals surface area contributed by atoms with Gasteiger partial charge in [-0.05, 0) is 24.5 Å². The van der Waals surface area contributed by atoms with Gasteiger partial charge >= 0.3 is 0 Å². The van der Waals surface area contributed by atoms with Gasteiger partial charge in [0.15, 0.2) is 0 Å². The maximum Gasteiger partial charge on any atom is 0.243 e. The van der Waals surface area contributed by atoms with Gasteiger partial charge in [0.05, 0.1) is 6.54 Å². The van der Waals surface area contributed by atoms with Crippen LogP contribution < -0.4 is 10.6 Å². The van der Waals surface area contributed by atoms with Crippen LogP contribution in [-0.2, 0) is 16.0 Å². The van der Waals surface area contributed by atoms with Crippen molar-refractivity contribution >= 4 is 17.5 Å². The summed E-state index contributed by atoms with van der Waals surface area (Å²) in [5.74, 6) is -0.412. The second kappa shape index (κ2) is 6.03. The van der Waals surface area contributed by atoms with Gasteiger partial charge in [-0.2, -0.15) is 0 Å². The molecule has 2 N–H and O–H groups in total. The largest absolute Gasteiger partial charge is 0.347 e. The second-order valence-corrected chi connectivity index (χ2v) is 3.92. The molecule has 0 aliphatic heterocycles. The molecule has 0 aliphatic carbocycles. The minimum Gasteiger partial charge on any atom is -0.347 e. The van der Waals surface area contributed by atoms with Crippen LogP contribution in [0.1, 0.15) is 25.0 Å². The Labute approximate surface area is 101 Å². The first-order chi connectivity index (χ1) is 8.04. The van der Waals surface area contributed by atoms with Crippen LogP contribution in [0, 0.1) is 6.92 Å². The van der Waals surface area contributed by atoms with Crippen LogP contribution in [0.3, 0.4) is 0 Å².